The van der Waals surface area contributed by atoms with E-state index in [1.54, 1.807) is 30.5 Å². The Morgan fingerprint density at radius 2 is 2.19 bits per heavy atom. The van der Waals surface area contributed by atoms with Crippen LogP contribution in [0.5, 0.6) is 5.75 Å². The van der Waals surface area contributed by atoms with Gasteiger partial charge in [0, 0.05) is 17.1 Å². The van der Waals surface area contributed by atoms with Crippen LogP contribution in [-0.4, -0.2) is 22.2 Å². The van der Waals surface area contributed by atoms with Crippen LogP contribution in [0.15, 0.2) is 53.1 Å². The fraction of sp³-hybridized carbons (Fsp3) is 0. The van der Waals surface area contributed by atoms with Gasteiger partial charge in [-0.2, -0.15) is 5.10 Å². The van der Waals surface area contributed by atoms with Crippen molar-refractivity contribution < 1.29 is 9.90 Å². The third-order valence-electron chi connectivity index (χ3n) is 2.90. The fourth-order valence-corrected chi connectivity index (χ4v) is 2.53. The number of aromatic nitrogens is 1. The number of thiophene rings is 1. The number of pyridine rings is 1. The van der Waals surface area contributed by atoms with Crippen molar-refractivity contribution in [1.29, 1.82) is 0 Å². The largest absolute Gasteiger partial charge is 0.506 e. The minimum atomic E-state index is -0.248. The molecule has 2 N–H and O–H groups in total. The summed E-state index contributed by atoms with van der Waals surface area (Å²) >= 11 is 1.35. The Morgan fingerprint density at radius 1 is 1.29 bits per heavy atom. The van der Waals surface area contributed by atoms with E-state index >= 15 is 0 Å². The van der Waals surface area contributed by atoms with Crippen LogP contribution in [0.1, 0.15) is 15.2 Å². The number of nitrogens with zero attached hydrogens (tertiary/aromatic N) is 2. The third kappa shape index (κ3) is 2.75. The Bertz CT molecular complexity index is 813. The maximum atomic E-state index is 11.7. The minimum Gasteiger partial charge on any atom is -0.506 e. The molecule has 104 valence electrons. The highest BCUT2D eigenvalue weighted by Gasteiger charge is 2.06. The van der Waals surface area contributed by atoms with Gasteiger partial charge in [-0.1, -0.05) is 12.1 Å². The lowest BCUT2D eigenvalue weighted by atomic mass is 10.1. The van der Waals surface area contributed by atoms with Gasteiger partial charge in [-0.3, -0.25) is 9.78 Å². The highest BCUT2D eigenvalue weighted by atomic mass is 32.1. The van der Waals surface area contributed by atoms with Gasteiger partial charge >= 0.3 is 0 Å². The van der Waals surface area contributed by atoms with Crippen LogP contribution in [0.2, 0.25) is 0 Å². The second-order valence-electron chi connectivity index (χ2n) is 4.25. The molecule has 2 heterocycles. The summed E-state index contributed by atoms with van der Waals surface area (Å²) in [7, 11) is 0. The summed E-state index contributed by atoms with van der Waals surface area (Å²) in [5.74, 6) is -0.132. The van der Waals surface area contributed by atoms with E-state index in [-0.39, 0.29) is 11.7 Å². The van der Waals surface area contributed by atoms with E-state index in [4.69, 9.17) is 0 Å². The van der Waals surface area contributed by atoms with Crippen LogP contribution in [0.25, 0.3) is 10.9 Å². The summed E-state index contributed by atoms with van der Waals surface area (Å²) in [5.41, 5.74) is 3.74. The first-order valence-corrected chi connectivity index (χ1v) is 7.07. The number of hydrogen-bond donors (Lipinski definition) is 2. The first-order chi connectivity index (χ1) is 10.3. The number of hydrogen-bond acceptors (Lipinski definition) is 5. The molecule has 0 saturated carbocycles. The Hall–Kier alpha value is -2.73. The molecule has 0 atom stereocenters. The summed E-state index contributed by atoms with van der Waals surface area (Å²) in [6, 6.07) is 10.4. The molecule has 0 spiro atoms. The van der Waals surface area contributed by atoms with E-state index in [9.17, 15) is 9.90 Å². The number of amides is 1. The van der Waals surface area contributed by atoms with Crippen molar-refractivity contribution >= 4 is 34.4 Å². The molecule has 3 rings (SSSR count). The number of phenolic OH excluding ortho intramolecular Hbond substituents is 1. The smallest absolute Gasteiger partial charge is 0.281 e. The van der Waals surface area contributed by atoms with Crippen molar-refractivity contribution in [1.82, 2.24) is 10.4 Å². The normalized spacial score (nSPS) is 11.0. The summed E-state index contributed by atoms with van der Waals surface area (Å²) in [4.78, 5) is 16.5. The lowest BCUT2D eigenvalue weighted by molar-refractivity contribution is 0.0959. The van der Waals surface area contributed by atoms with Gasteiger partial charge in [0.25, 0.3) is 5.91 Å². The Balaban J connectivity index is 1.84. The molecular formula is C15H11N3O2S. The monoisotopic (exact) mass is 297 g/mol. The number of fused-ring (bicyclic) bond motifs is 1. The average molecular weight is 297 g/mol. The lowest BCUT2D eigenvalue weighted by Crippen LogP contribution is -2.16. The average Bonchev–Trinajstić information content (AvgIpc) is 3.04. The maximum absolute atomic E-state index is 11.7. The second kappa shape index (κ2) is 5.72. The highest BCUT2D eigenvalue weighted by molar-refractivity contribution is 7.12. The van der Waals surface area contributed by atoms with Gasteiger partial charge < -0.3 is 5.11 Å². The molecule has 0 aliphatic rings. The van der Waals surface area contributed by atoms with Crippen molar-refractivity contribution in [2.75, 3.05) is 0 Å². The summed E-state index contributed by atoms with van der Waals surface area (Å²) in [6.07, 6.45) is 3.15. The van der Waals surface area contributed by atoms with Gasteiger partial charge in [0.2, 0.25) is 0 Å². The van der Waals surface area contributed by atoms with Gasteiger partial charge in [0.15, 0.2) is 0 Å². The molecule has 0 bridgehead atoms. The molecule has 0 radical (unpaired) electrons. The molecule has 21 heavy (non-hydrogen) atoms. The molecule has 3 aromatic rings. The number of phenols is 1. The molecule has 5 nitrogen and oxygen atoms in total. The summed E-state index contributed by atoms with van der Waals surface area (Å²) < 4.78 is 0. The summed E-state index contributed by atoms with van der Waals surface area (Å²) in [5, 5.41) is 16.3. The zero-order valence-electron chi connectivity index (χ0n) is 10.9. The van der Waals surface area contributed by atoms with Crippen LogP contribution < -0.4 is 5.43 Å². The predicted octanol–water partition coefficient (Wildman–Crippen LogP) is 2.77. The van der Waals surface area contributed by atoms with Crippen LogP contribution >= 0.6 is 11.3 Å². The number of carbonyl (C=O) groups excluding carboxylic acids is 1. The zero-order valence-corrected chi connectivity index (χ0v) is 11.7. The van der Waals surface area contributed by atoms with E-state index in [0.29, 0.717) is 10.4 Å². The highest BCUT2D eigenvalue weighted by Crippen LogP contribution is 2.24. The third-order valence-corrected chi connectivity index (χ3v) is 3.77. The van der Waals surface area contributed by atoms with Crippen molar-refractivity contribution in [3.8, 4) is 5.75 Å². The lowest BCUT2D eigenvalue weighted by Gasteiger charge is -2.03. The molecule has 1 amide bonds. The Kier molecular flexibility index (Phi) is 3.61. The fourth-order valence-electron chi connectivity index (χ4n) is 1.92. The van der Waals surface area contributed by atoms with Gasteiger partial charge in [0.05, 0.1) is 11.1 Å². The SMILES string of the molecule is O=C(NN=Cc1ccc(O)c2ncccc12)c1cccs1. The number of benzene rings is 1. The first kappa shape index (κ1) is 13.3. The van der Waals surface area contributed by atoms with E-state index in [1.807, 2.05) is 17.5 Å². The molecule has 6 heteroatoms. The van der Waals surface area contributed by atoms with E-state index < -0.39 is 0 Å². The van der Waals surface area contributed by atoms with Crippen LogP contribution in [-0.2, 0) is 0 Å². The Labute approximate surface area is 124 Å². The van der Waals surface area contributed by atoms with Gasteiger partial charge in [-0.25, -0.2) is 5.43 Å². The number of aromatic hydroxyl groups is 1. The number of nitrogens with one attached hydrogen (secondary N) is 1. The van der Waals surface area contributed by atoms with Crippen LogP contribution in [0.3, 0.4) is 0 Å². The summed E-state index contributed by atoms with van der Waals surface area (Å²) in [6.45, 7) is 0. The van der Waals surface area contributed by atoms with Crippen molar-refractivity contribution in [3.05, 3.63) is 58.4 Å². The van der Waals surface area contributed by atoms with Crippen LogP contribution in [0, 0.1) is 0 Å². The number of carbonyl (C=O) groups is 1. The first-order valence-electron chi connectivity index (χ1n) is 6.19. The second-order valence-corrected chi connectivity index (χ2v) is 5.20. The predicted molar refractivity (Wildman–Crippen MR) is 82.8 cm³/mol. The van der Waals surface area contributed by atoms with Crippen molar-refractivity contribution in [2.45, 2.75) is 0 Å². The molecule has 0 fully saturated rings. The molecule has 0 aliphatic heterocycles. The molecular weight excluding hydrogens is 286 g/mol. The molecule has 2 aromatic heterocycles. The van der Waals surface area contributed by atoms with Gasteiger partial charge in [-0.15, -0.1) is 11.3 Å². The molecule has 1 aromatic carbocycles. The number of rotatable bonds is 3. The zero-order chi connectivity index (χ0) is 14.7. The van der Waals surface area contributed by atoms with Crippen molar-refractivity contribution in [3.63, 3.8) is 0 Å². The molecule has 0 aliphatic carbocycles. The van der Waals surface area contributed by atoms with Crippen LogP contribution in [0.4, 0.5) is 0 Å². The standard InChI is InChI=1S/C15H11N3O2S/c19-12-6-5-10(11-3-1-7-16-14(11)12)9-17-18-15(20)13-4-2-8-21-13/h1-9,19H,(H,18,20). The minimum absolute atomic E-state index is 0.116. The van der Waals surface area contributed by atoms with Crippen molar-refractivity contribution in [2.24, 2.45) is 5.10 Å². The van der Waals surface area contributed by atoms with Gasteiger partial charge in [-0.05, 0) is 29.6 Å². The quantitative estimate of drug-likeness (QED) is 0.576. The van der Waals surface area contributed by atoms with E-state index in [0.717, 1.165) is 10.9 Å². The maximum Gasteiger partial charge on any atom is 0.281 e. The van der Waals surface area contributed by atoms with Gasteiger partial charge in [0.1, 0.15) is 11.3 Å². The van der Waals surface area contributed by atoms with E-state index in [1.165, 1.54) is 17.6 Å². The molecule has 0 unspecified atom stereocenters. The number of hydrazone groups is 1. The molecule has 0 saturated heterocycles. The topological polar surface area (TPSA) is 74.6 Å². The van der Waals surface area contributed by atoms with E-state index in [2.05, 4.69) is 15.5 Å². The Morgan fingerprint density at radius 3 is 3.00 bits per heavy atom.